The van der Waals surface area contributed by atoms with Gasteiger partial charge >= 0.3 is 5.97 Å². The molecule has 2 amide bonds. The number of carbonyl (C=O) groups excluding carboxylic acids is 4. The highest BCUT2D eigenvalue weighted by Gasteiger charge is 2.68. The fraction of sp³-hybridized carbons (Fsp3) is 0.269. The standard InChI is InChI=1S/C26H23N3O8S/c1-3-16(2)26(25(33)37-13-17-9-11-18(12-10-17)29(34)35)20(30)15-38-24-22(23(32)28(24)26)27-21(31)14-36-19-7-5-4-6-8-19/h4-12,22,24H,1,13-15H2,2H3,(H,27,31)/t22-,24-,26?/m1/s1. The van der Waals surface area contributed by atoms with Crippen LogP contribution in [-0.2, 0) is 30.5 Å². The van der Waals surface area contributed by atoms with Gasteiger partial charge in [-0.2, -0.15) is 0 Å². The summed E-state index contributed by atoms with van der Waals surface area (Å²) in [4.78, 5) is 63.8. The number of esters is 1. The largest absolute Gasteiger partial charge is 0.484 e. The number of rotatable bonds is 9. The molecule has 196 valence electrons. The predicted molar refractivity (Wildman–Crippen MR) is 136 cm³/mol. The Kier molecular flexibility index (Phi) is 7.65. The van der Waals surface area contributed by atoms with Gasteiger partial charge in [0.2, 0.25) is 5.54 Å². The van der Waals surface area contributed by atoms with Crippen molar-refractivity contribution in [1.29, 1.82) is 0 Å². The Balaban J connectivity index is 1.49. The van der Waals surface area contributed by atoms with Crippen LogP contribution in [0.25, 0.3) is 0 Å². The Hall–Kier alpha value is -4.41. The van der Waals surface area contributed by atoms with Crippen LogP contribution in [0.3, 0.4) is 0 Å². The van der Waals surface area contributed by atoms with Crippen LogP contribution in [0, 0.1) is 10.1 Å². The van der Waals surface area contributed by atoms with Crippen molar-refractivity contribution in [3.8, 4) is 5.75 Å². The van der Waals surface area contributed by atoms with Crippen LogP contribution in [-0.4, -0.2) is 62.7 Å². The van der Waals surface area contributed by atoms with Crippen molar-refractivity contribution in [3.63, 3.8) is 0 Å². The molecule has 2 aromatic rings. The molecule has 0 aromatic heterocycles. The van der Waals surface area contributed by atoms with Crippen LogP contribution in [0.5, 0.6) is 5.75 Å². The fourth-order valence-electron chi connectivity index (χ4n) is 4.25. The number of non-ortho nitro benzene ring substituents is 1. The van der Waals surface area contributed by atoms with Crippen LogP contribution < -0.4 is 10.1 Å². The number of amides is 2. The van der Waals surface area contributed by atoms with Gasteiger partial charge in [0.1, 0.15) is 23.8 Å². The Morgan fingerprint density at radius 1 is 1.21 bits per heavy atom. The van der Waals surface area contributed by atoms with Gasteiger partial charge in [-0.25, -0.2) is 4.79 Å². The van der Waals surface area contributed by atoms with E-state index in [2.05, 4.69) is 17.6 Å². The smallest absolute Gasteiger partial charge is 0.345 e. The molecule has 1 unspecified atom stereocenters. The number of para-hydroxylation sites is 1. The highest BCUT2D eigenvalue weighted by molar-refractivity contribution is 8.00. The SMILES string of the molecule is C=C=C(C)C1(C(=O)OCc2ccc([N+](=O)[O-])cc2)C(=O)CS[C@@H]2[C@H](NC(=O)COc3ccccc3)C(=O)N21. The van der Waals surface area contributed by atoms with Crippen molar-refractivity contribution in [2.75, 3.05) is 12.4 Å². The lowest BCUT2D eigenvalue weighted by Gasteiger charge is -2.56. The molecule has 2 fully saturated rings. The van der Waals surface area contributed by atoms with Crippen molar-refractivity contribution >= 4 is 41.0 Å². The molecule has 0 saturated carbocycles. The molecular weight excluding hydrogens is 514 g/mol. The number of hydrogen-bond donors (Lipinski definition) is 1. The number of Topliss-reactive ketones (excluding diaryl/α,β-unsaturated/α-hetero) is 1. The molecule has 0 bridgehead atoms. The number of thioether (sulfide) groups is 1. The summed E-state index contributed by atoms with van der Waals surface area (Å²) in [5, 5.41) is 12.8. The molecule has 0 spiro atoms. The summed E-state index contributed by atoms with van der Waals surface area (Å²) in [7, 11) is 0. The first-order chi connectivity index (χ1) is 18.2. The van der Waals surface area contributed by atoms with Gasteiger partial charge in [0.25, 0.3) is 17.5 Å². The van der Waals surface area contributed by atoms with E-state index in [4.69, 9.17) is 9.47 Å². The molecule has 2 heterocycles. The summed E-state index contributed by atoms with van der Waals surface area (Å²) >= 11 is 1.12. The zero-order valence-corrected chi connectivity index (χ0v) is 21.1. The second kappa shape index (κ2) is 10.9. The van der Waals surface area contributed by atoms with E-state index in [9.17, 15) is 29.3 Å². The number of ketones is 1. The van der Waals surface area contributed by atoms with E-state index in [-0.39, 0.29) is 30.2 Å². The number of hydrogen-bond acceptors (Lipinski definition) is 9. The lowest BCUT2D eigenvalue weighted by atomic mass is 9.81. The average molecular weight is 538 g/mol. The lowest BCUT2D eigenvalue weighted by molar-refractivity contribution is -0.384. The first kappa shape index (κ1) is 26.6. The van der Waals surface area contributed by atoms with Crippen LogP contribution in [0.4, 0.5) is 5.69 Å². The average Bonchev–Trinajstić information content (AvgIpc) is 2.93. The van der Waals surface area contributed by atoms with Crippen LogP contribution in [0.2, 0.25) is 0 Å². The van der Waals surface area contributed by atoms with Gasteiger partial charge in [0.05, 0.1) is 10.7 Å². The Labute approximate surface area is 221 Å². The third kappa shape index (κ3) is 4.79. The molecule has 4 rings (SSSR count). The van der Waals surface area contributed by atoms with Gasteiger partial charge in [-0.1, -0.05) is 24.8 Å². The maximum Gasteiger partial charge on any atom is 0.345 e. The molecule has 12 heteroatoms. The summed E-state index contributed by atoms with van der Waals surface area (Å²) in [6, 6.07) is 13.1. The number of nitro groups is 1. The van der Waals surface area contributed by atoms with Gasteiger partial charge in [-0.15, -0.1) is 17.5 Å². The number of ether oxygens (including phenoxy) is 2. The maximum absolute atomic E-state index is 13.5. The van der Waals surface area contributed by atoms with Crippen molar-refractivity contribution in [2.45, 2.75) is 30.5 Å². The summed E-state index contributed by atoms with van der Waals surface area (Å²) in [5.41, 5.74) is 0.892. The second-order valence-electron chi connectivity index (χ2n) is 8.49. The van der Waals surface area contributed by atoms with E-state index in [1.807, 2.05) is 0 Å². The number of β-lactam (4-membered cyclic amide) rings is 1. The minimum Gasteiger partial charge on any atom is -0.484 e. The summed E-state index contributed by atoms with van der Waals surface area (Å²) in [6.45, 7) is 4.40. The van der Waals surface area contributed by atoms with Gasteiger partial charge in [0, 0.05) is 17.7 Å². The summed E-state index contributed by atoms with van der Waals surface area (Å²) in [5.74, 6) is -2.37. The third-order valence-corrected chi connectivity index (χ3v) is 7.50. The molecule has 2 aliphatic rings. The number of carbonyl (C=O) groups is 4. The van der Waals surface area contributed by atoms with Crippen molar-refractivity contribution in [1.82, 2.24) is 10.2 Å². The second-order valence-corrected chi connectivity index (χ2v) is 9.60. The molecule has 0 aliphatic carbocycles. The highest BCUT2D eigenvalue weighted by Crippen LogP contribution is 2.45. The molecule has 2 saturated heterocycles. The van der Waals surface area contributed by atoms with Crippen molar-refractivity contribution < 1.29 is 33.6 Å². The quantitative estimate of drug-likeness (QED) is 0.127. The molecular formula is C26H23N3O8S. The van der Waals surface area contributed by atoms with E-state index in [1.54, 1.807) is 30.3 Å². The summed E-state index contributed by atoms with van der Waals surface area (Å²) in [6.07, 6.45) is 0. The normalized spacial score (nSPS) is 21.9. The molecule has 2 aliphatic heterocycles. The number of fused-ring (bicyclic) bond motifs is 1. The van der Waals surface area contributed by atoms with Crippen molar-refractivity contribution in [2.24, 2.45) is 0 Å². The van der Waals surface area contributed by atoms with E-state index in [0.29, 0.717) is 11.3 Å². The molecule has 38 heavy (non-hydrogen) atoms. The van der Waals surface area contributed by atoms with Crippen LogP contribution in [0.15, 0.2) is 72.5 Å². The highest BCUT2D eigenvalue weighted by atomic mass is 32.2. The molecule has 3 atom stereocenters. The minimum absolute atomic E-state index is 0.0898. The number of nitrogens with zero attached hydrogens (tertiary/aromatic N) is 2. The Morgan fingerprint density at radius 3 is 2.53 bits per heavy atom. The monoisotopic (exact) mass is 537 g/mol. The van der Waals surface area contributed by atoms with E-state index in [1.165, 1.54) is 31.2 Å². The topological polar surface area (TPSA) is 145 Å². The van der Waals surface area contributed by atoms with Crippen molar-refractivity contribution in [3.05, 3.63) is 88.2 Å². The van der Waals surface area contributed by atoms with E-state index < -0.39 is 45.4 Å². The summed E-state index contributed by atoms with van der Waals surface area (Å²) < 4.78 is 10.9. The molecule has 1 N–H and O–H groups in total. The maximum atomic E-state index is 13.5. The lowest BCUT2D eigenvalue weighted by Crippen LogP contribution is -2.81. The molecule has 2 aromatic carbocycles. The third-order valence-electron chi connectivity index (χ3n) is 6.24. The number of nitro benzene ring substituents is 1. The number of nitrogens with one attached hydrogen (secondary N) is 1. The molecule has 11 nitrogen and oxygen atoms in total. The first-order valence-electron chi connectivity index (χ1n) is 11.4. The van der Waals surface area contributed by atoms with Crippen LogP contribution in [0.1, 0.15) is 12.5 Å². The predicted octanol–water partition coefficient (Wildman–Crippen LogP) is 2.16. The van der Waals surface area contributed by atoms with Crippen LogP contribution >= 0.6 is 11.8 Å². The van der Waals surface area contributed by atoms with Gasteiger partial charge in [-0.3, -0.25) is 29.4 Å². The van der Waals surface area contributed by atoms with E-state index >= 15 is 0 Å². The van der Waals surface area contributed by atoms with Gasteiger partial charge < -0.3 is 14.8 Å². The zero-order valence-electron chi connectivity index (χ0n) is 20.2. The van der Waals surface area contributed by atoms with Gasteiger partial charge in [0.15, 0.2) is 12.4 Å². The zero-order chi connectivity index (χ0) is 27.4. The van der Waals surface area contributed by atoms with Gasteiger partial charge in [-0.05, 0) is 36.8 Å². The minimum atomic E-state index is -2.09. The first-order valence-corrected chi connectivity index (χ1v) is 12.5. The Morgan fingerprint density at radius 2 is 1.89 bits per heavy atom. The Bertz CT molecular complexity index is 1340. The molecule has 0 radical (unpaired) electrons. The fourth-order valence-corrected chi connectivity index (χ4v) is 5.57. The number of benzene rings is 2. The van der Waals surface area contributed by atoms with E-state index in [0.717, 1.165) is 16.7 Å².